The molecule has 0 heterocycles. The highest BCUT2D eigenvalue weighted by Crippen LogP contribution is 2.22. The van der Waals surface area contributed by atoms with Crippen LogP contribution in [0, 0.1) is 13.8 Å². The fourth-order valence-electron chi connectivity index (χ4n) is 1.91. The minimum Gasteiger partial charge on any atom is -0.489 e. The molecule has 2 rings (SSSR count). The Hall–Kier alpha value is -1.32. The first-order valence-corrected chi connectivity index (χ1v) is 7.07. The van der Waals surface area contributed by atoms with Crippen LogP contribution in [0.2, 0.25) is 0 Å². The first kappa shape index (κ1) is 14.1. The van der Waals surface area contributed by atoms with Crippen LogP contribution < -0.4 is 10.5 Å². The van der Waals surface area contributed by atoms with Crippen molar-refractivity contribution in [1.29, 1.82) is 0 Å². The van der Waals surface area contributed by atoms with Crippen molar-refractivity contribution >= 4 is 15.9 Å². The minimum absolute atomic E-state index is 0.577. The van der Waals surface area contributed by atoms with Crippen LogP contribution in [0.25, 0.3) is 0 Å². The van der Waals surface area contributed by atoms with Crippen LogP contribution in [0.15, 0.2) is 40.9 Å². The zero-order valence-corrected chi connectivity index (χ0v) is 12.8. The maximum Gasteiger partial charge on any atom is 0.120 e. The van der Waals surface area contributed by atoms with E-state index in [0.717, 1.165) is 15.8 Å². The molecule has 0 aliphatic carbocycles. The van der Waals surface area contributed by atoms with Crippen LogP contribution in [-0.4, -0.2) is 0 Å². The predicted molar refractivity (Wildman–Crippen MR) is 82.3 cm³/mol. The van der Waals surface area contributed by atoms with Crippen molar-refractivity contribution in [2.45, 2.75) is 27.0 Å². The van der Waals surface area contributed by atoms with Gasteiger partial charge in [0.1, 0.15) is 12.4 Å². The van der Waals surface area contributed by atoms with E-state index < -0.39 is 0 Å². The van der Waals surface area contributed by atoms with Crippen molar-refractivity contribution in [2.75, 3.05) is 0 Å². The average molecular weight is 320 g/mol. The van der Waals surface area contributed by atoms with Gasteiger partial charge in [-0.1, -0.05) is 34.1 Å². The van der Waals surface area contributed by atoms with Crippen molar-refractivity contribution in [3.63, 3.8) is 0 Å². The Kier molecular flexibility index (Phi) is 4.61. The van der Waals surface area contributed by atoms with E-state index in [1.54, 1.807) is 0 Å². The van der Waals surface area contributed by atoms with Crippen LogP contribution in [-0.2, 0) is 13.2 Å². The number of halogens is 1. The molecule has 0 aliphatic rings. The molecule has 2 aromatic carbocycles. The summed E-state index contributed by atoms with van der Waals surface area (Å²) in [6.45, 7) is 5.30. The lowest BCUT2D eigenvalue weighted by Crippen LogP contribution is -2.01. The maximum atomic E-state index is 5.83. The molecule has 2 N–H and O–H groups in total. The largest absolute Gasteiger partial charge is 0.489 e. The molecule has 0 amide bonds. The van der Waals surface area contributed by atoms with Crippen molar-refractivity contribution in [3.8, 4) is 5.75 Å². The van der Waals surface area contributed by atoms with E-state index in [2.05, 4.69) is 48.0 Å². The molecule has 0 aromatic heterocycles. The number of hydrogen-bond donors (Lipinski definition) is 1. The summed E-state index contributed by atoms with van der Waals surface area (Å²) >= 11 is 3.49. The fraction of sp³-hybridized carbons (Fsp3) is 0.250. The number of hydrogen-bond acceptors (Lipinski definition) is 2. The molecule has 0 aliphatic heterocycles. The fourth-order valence-corrected chi connectivity index (χ4v) is 2.16. The summed E-state index contributed by atoms with van der Waals surface area (Å²) in [4.78, 5) is 0. The lowest BCUT2D eigenvalue weighted by atomic mass is 10.1. The van der Waals surface area contributed by atoms with Crippen molar-refractivity contribution in [2.24, 2.45) is 5.73 Å². The lowest BCUT2D eigenvalue weighted by molar-refractivity contribution is 0.305. The quantitative estimate of drug-likeness (QED) is 0.920. The Morgan fingerprint density at radius 3 is 2.47 bits per heavy atom. The van der Waals surface area contributed by atoms with Gasteiger partial charge in [0.25, 0.3) is 0 Å². The normalized spacial score (nSPS) is 10.5. The third-order valence-electron chi connectivity index (χ3n) is 3.17. The van der Waals surface area contributed by atoms with Gasteiger partial charge in [0.2, 0.25) is 0 Å². The van der Waals surface area contributed by atoms with Crippen molar-refractivity contribution in [3.05, 3.63) is 63.1 Å². The average Bonchev–Trinajstić information content (AvgIpc) is 2.41. The summed E-state index contributed by atoms with van der Waals surface area (Å²) < 4.78 is 6.93. The van der Waals surface area contributed by atoms with Gasteiger partial charge in [-0.15, -0.1) is 0 Å². The molecule has 0 saturated carbocycles. The summed E-state index contributed by atoms with van der Waals surface area (Å²) in [5.74, 6) is 0.892. The zero-order valence-electron chi connectivity index (χ0n) is 11.2. The van der Waals surface area contributed by atoms with E-state index in [4.69, 9.17) is 10.5 Å². The maximum absolute atomic E-state index is 5.83. The Balaban J connectivity index is 2.07. The van der Waals surface area contributed by atoms with E-state index in [-0.39, 0.29) is 0 Å². The van der Waals surface area contributed by atoms with Crippen LogP contribution in [0.1, 0.15) is 22.3 Å². The van der Waals surface area contributed by atoms with Gasteiger partial charge < -0.3 is 10.5 Å². The first-order valence-electron chi connectivity index (χ1n) is 6.27. The number of rotatable bonds is 4. The van der Waals surface area contributed by atoms with Gasteiger partial charge in [-0.3, -0.25) is 0 Å². The number of nitrogens with two attached hydrogens (primary N) is 1. The molecule has 2 nitrogen and oxygen atoms in total. The van der Waals surface area contributed by atoms with E-state index in [9.17, 15) is 0 Å². The topological polar surface area (TPSA) is 35.2 Å². The smallest absolute Gasteiger partial charge is 0.120 e. The van der Waals surface area contributed by atoms with Crippen LogP contribution in [0.5, 0.6) is 5.75 Å². The molecule has 0 bridgehead atoms. The second kappa shape index (κ2) is 6.22. The minimum atomic E-state index is 0.577. The van der Waals surface area contributed by atoms with Gasteiger partial charge in [-0.2, -0.15) is 0 Å². The number of aryl methyl sites for hydroxylation is 2. The summed E-state index contributed by atoms with van der Waals surface area (Å²) in [5, 5.41) is 0. The number of ether oxygens (including phenoxy) is 1. The van der Waals surface area contributed by atoms with Gasteiger partial charge in [-0.25, -0.2) is 0 Å². The second-order valence-electron chi connectivity index (χ2n) is 4.66. The van der Waals surface area contributed by atoms with Gasteiger partial charge in [0.15, 0.2) is 0 Å². The lowest BCUT2D eigenvalue weighted by Gasteiger charge is -2.11. The molecule has 0 radical (unpaired) electrons. The summed E-state index contributed by atoms with van der Waals surface area (Å²) in [6, 6.07) is 12.3. The van der Waals surface area contributed by atoms with Gasteiger partial charge in [-0.05, 0) is 54.3 Å². The van der Waals surface area contributed by atoms with Crippen LogP contribution >= 0.6 is 15.9 Å². The molecule has 0 spiro atoms. The van der Waals surface area contributed by atoms with E-state index in [0.29, 0.717) is 13.2 Å². The second-order valence-corrected chi connectivity index (χ2v) is 5.52. The predicted octanol–water partition coefficient (Wildman–Crippen LogP) is 4.10. The monoisotopic (exact) mass is 319 g/mol. The molecule has 0 unspecified atom stereocenters. The summed E-state index contributed by atoms with van der Waals surface area (Å²) in [5.41, 5.74) is 10.4. The van der Waals surface area contributed by atoms with E-state index in [1.165, 1.54) is 16.7 Å². The highest BCUT2D eigenvalue weighted by molar-refractivity contribution is 9.10. The van der Waals surface area contributed by atoms with Crippen molar-refractivity contribution in [1.82, 2.24) is 0 Å². The van der Waals surface area contributed by atoms with E-state index in [1.807, 2.05) is 18.2 Å². The Morgan fingerprint density at radius 2 is 1.84 bits per heavy atom. The van der Waals surface area contributed by atoms with Gasteiger partial charge in [0, 0.05) is 11.0 Å². The molecule has 0 fully saturated rings. The molecule has 3 heteroatoms. The Bertz CT molecular complexity index is 581. The summed E-state index contributed by atoms with van der Waals surface area (Å²) in [7, 11) is 0. The summed E-state index contributed by atoms with van der Waals surface area (Å²) in [6.07, 6.45) is 0. The zero-order chi connectivity index (χ0) is 13.8. The van der Waals surface area contributed by atoms with Crippen LogP contribution in [0.4, 0.5) is 0 Å². The van der Waals surface area contributed by atoms with Crippen LogP contribution in [0.3, 0.4) is 0 Å². The Morgan fingerprint density at radius 1 is 1.05 bits per heavy atom. The molecule has 0 saturated heterocycles. The first-order chi connectivity index (χ1) is 9.10. The molecule has 0 atom stereocenters. The number of benzene rings is 2. The molecule has 100 valence electrons. The third kappa shape index (κ3) is 3.58. The highest BCUT2D eigenvalue weighted by atomic mass is 79.9. The van der Waals surface area contributed by atoms with Gasteiger partial charge in [0.05, 0.1) is 0 Å². The highest BCUT2D eigenvalue weighted by Gasteiger charge is 2.02. The van der Waals surface area contributed by atoms with Gasteiger partial charge >= 0.3 is 0 Å². The Labute approximate surface area is 122 Å². The standard InChI is InChI=1S/C16H18BrNO/c1-11-7-13(9-18)3-4-14(11)10-19-15-5-6-16(17)12(2)8-15/h3-8H,9-10,18H2,1-2H3. The molecular weight excluding hydrogens is 302 g/mol. The molecule has 2 aromatic rings. The third-order valence-corrected chi connectivity index (χ3v) is 4.06. The SMILES string of the molecule is Cc1cc(OCc2ccc(CN)cc2C)ccc1Br. The van der Waals surface area contributed by atoms with Crippen molar-refractivity contribution < 1.29 is 4.74 Å². The molecular formula is C16H18BrNO. The molecule has 19 heavy (non-hydrogen) atoms. The van der Waals surface area contributed by atoms with E-state index >= 15 is 0 Å².